The van der Waals surface area contributed by atoms with Crippen molar-refractivity contribution in [1.82, 2.24) is 9.55 Å². The van der Waals surface area contributed by atoms with Crippen LogP contribution in [-0.4, -0.2) is 31.3 Å². The molecule has 2 N–H and O–H groups in total. The highest BCUT2D eigenvalue weighted by Crippen LogP contribution is 2.41. The largest absolute Gasteiger partial charge is 0.496 e. The smallest absolute Gasteiger partial charge is 0.332 e. The molecular formula is C26H27N3O5S. The lowest BCUT2D eigenvalue weighted by atomic mass is 9.83. The fourth-order valence-electron chi connectivity index (χ4n) is 3.95. The lowest BCUT2D eigenvalue weighted by Crippen LogP contribution is -2.27. The lowest BCUT2D eigenvalue weighted by Gasteiger charge is -2.25. The maximum absolute atomic E-state index is 12.6. The number of rotatable bonds is 5. The Morgan fingerprint density at radius 1 is 1.00 bits per heavy atom. The molecule has 0 saturated heterocycles. The Labute approximate surface area is 207 Å². The molecule has 0 radical (unpaired) electrons. The number of sulfonamides is 1. The molecule has 1 aromatic heterocycles. The highest BCUT2D eigenvalue weighted by molar-refractivity contribution is 7.92. The van der Waals surface area contributed by atoms with E-state index < -0.39 is 33.7 Å². The van der Waals surface area contributed by atoms with Crippen LogP contribution in [0.3, 0.4) is 0 Å². The van der Waals surface area contributed by atoms with E-state index in [4.69, 9.17) is 8.85 Å². The van der Waals surface area contributed by atoms with Gasteiger partial charge in [0.15, 0.2) is 0 Å². The highest BCUT2D eigenvalue weighted by Gasteiger charge is 2.24. The van der Waals surface area contributed by atoms with Gasteiger partial charge in [-0.2, -0.15) is 0 Å². The second kappa shape index (κ2) is 8.74. The minimum atomic E-state index is -3.45. The minimum absolute atomic E-state index is 0.147. The van der Waals surface area contributed by atoms with Crippen molar-refractivity contribution in [1.29, 1.82) is 0 Å². The second-order valence-corrected chi connectivity index (χ2v) is 11.1. The molecule has 0 aliphatic rings. The number of ether oxygens (including phenoxy) is 1. The maximum Gasteiger partial charge on any atom is 0.332 e. The van der Waals surface area contributed by atoms with Crippen molar-refractivity contribution in [2.45, 2.75) is 26.2 Å². The first-order valence-electron chi connectivity index (χ1n) is 12.2. The Morgan fingerprint density at radius 2 is 1.71 bits per heavy atom. The highest BCUT2D eigenvalue weighted by atomic mass is 32.2. The van der Waals surface area contributed by atoms with Crippen molar-refractivity contribution in [3.8, 4) is 22.6 Å². The third-order valence-electron chi connectivity index (χ3n) is 5.54. The fraction of sp³-hybridized carbons (Fsp3) is 0.231. The summed E-state index contributed by atoms with van der Waals surface area (Å²) in [5.74, 6) is 0.147. The van der Waals surface area contributed by atoms with Crippen molar-refractivity contribution >= 4 is 26.5 Å². The molecule has 8 nitrogen and oxygen atoms in total. The van der Waals surface area contributed by atoms with E-state index in [1.54, 1.807) is 42.5 Å². The quantitative estimate of drug-likeness (QED) is 0.434. The van der Waals surface area contributed by atoms with E-state index in [2.05, 4.69) is 9.71 Å². The zero-order valence-electron chi connectivity index (χ0n) is 22.7. The Hall–Kier alpha value is -3.85. The molecule has 1 heterocycles. The third kappa shape index (κ3) is 5.14. The zero-order chi connectivity index (χ0) is 28.0. The Balaban J connectivity index is 2.00. The van der Waals surface area contributed by atoms with Gasteiger partial charge in [0.05, 0.1) is 23.1 Å². The molecule has 35 heavy (non-hydrogen) atoms. The van der Waals surface area contributed by atoms with Gasteiger partial charge in [-0.3, -0.25) is 19.1 Å². The van der Waals surface area contributed by atoms with Gasteiger partial charge >= 0.3 is 5.69 Å². The number of nitrogens with one attached hydrogen (secondary N) is 2. The van der Waals surface area contributed by atoms with E-state index in [1.165, 1.54) is 16.8 Å². The van der Waals surface area contributed by atoms with E-state index in [1.807, 2.05) is 26.8 Å². The monoisotopic (exact) mass is 496 g/mol. The molecular weight excluding hydrogens is 466 g/mol. The van der Waals surface area contributed by atoms with Crippen LogP contribution in [0.15, 0.2) is 70.4 Å². The van der Waals surface area contributed by atoms with Gasteiger partial charge in [-0.05, 0) is 52.1 Å². The molecule has 182 valence electrons. The van der Waals surface area contributed by atoms with Gasteiger partial charge in [-0.15, -0.1) is 0 Å². The molecule has 0 aliphatic carbocycles. The van der Waals surface area contributed by atoms with Gasteiger partial charge in [-0.1, -0.05) is 39.0 Å². The summed E-state index contributed by atoms with van der Waals surface area (Å²) in [4.78, 5) is 26.5. The van der Waals surface area contributed by atoms with Crippen molar-refractivity contribution < 1.29 is 17.3 Å². The van der Waals surface area contributed by atoms with Crippen molar-refractivity contribution in [3.05, 3.63) is 87.2 Å². The molecule has 0 bridgehead atoms. The predicted octanol–water partition coefficient (Wildman–Crippen LogP) is 4.02. The van der Waals surface area contributed by atoms with Gasteiger partial charge in [0.25, 0.3) is 5.56 Å². The summed E-state index contributed by atoms with van der Waals surface area (Å²) in [5, 5.41) is 1.52. The minimum Gasteiger partial charge on any atom is -0.496 e. The van der Waals surface area contributed by atoms with Crippen LogP contribution in [0.2, 0.25) is 0 Å². The SMILES string of the molecule is [2H]C([2H])([2H])Oc1c(-c2ccc3cc(NS(C)(=O)=O)ccc3c2)cc(-n2ccc(=O)[nH]c2=O)cc1C(C)(C)C. The summed E-state index contributed by atoms with van der Waals surface area (Å²) in [7, 11) is -6.19. The van der Waals surface area contributed by atoms with Gasteiger partial charge in [0.2, 0.25) is 10.0 Å². The van der Waals surface area contributed by atoms with Crippen LogP contribution in [0, 0.1) is 0 Å². The van der Waals surface area contributed by atoms with E-state index >= 15 is 0 Å². The summed E-state index contributed by atoms with van der Waals surface area (Å²) < 4.78 is 55.9. The Morgan fingerprint density at radius 3 is 2.37 bits per heavy atom. The van der Waals surface area contributed by atoms with Crippen molar-refractivity contribution in [3.63, 3.8) is 0 Å². The van der Waals surface area contributed by atoms with Crippen LogP contribution in [0.25, 0.3) is 27.6 Å². The lowest BCUT2D eigenvalue weighted by molar-refractivity contribution is 0.399. The molecule has 0 aliphatic heterocycles. The first-order valence-corrected chi connectivity index (χ1v) is 12.6. The maximum atomic E-state index is 12.6. The van der Waals surface area contributed by atoms with Gasteiger partial charge in [-0.25, -0.2) is 13.2 Å². The van der Waals surface area contributed by atoms with E-state index in [0.717, 1.165) is 17.0 Å². The fourth-order valence-corrected chi connectivity index (χ4v) is 4.50. The van der Waals surface area contributed by atoms with Gasteiger partial charge in [0, 0.05) is 29.1 Å². The molecule has 0 atom stereocenters. The molecule has 4 aromatic rings. The third-order valence-corrected chi connectivity index (χ3v) is 6.15. The predicted molar refractivity (Wildman–Crippen MR) is 139 cm³/mol. The van der Waals surface area contributed by atoms with Crippen LogP contribution in [0.4, 0.5) is 5.69 Å². The first-order chi connectivity index (χ1) is 17.5. The van der Waals surface area contributed by atoms with E-state index in [0.29, 0.717) is 28.1 Å². The number of hydrogen-bond acceptors (Lipinski definition) is 5. The average Bonchev–Trinajstić information content (AvgIpc) is 2.76. The Bertz CT molecular complexity index is 1770. The van der Waals surface area contributed by atoms with Gasteiger partial charge in [0.1, 0.15) is 5.75 Å². The molecule has 0 spiro atoms. The Kier molecular flexibility index (Phi) is 5.12. The molecule has 3 aromatic carbocycles. The number of methoxy groups -OCH3 is 1. The van der Waals surface area contributed by atoms with Crippen LogP contribution in [-0.2, 0) is 15.4 Å². The number of aromatic nitrogens is 2. The molecule has 4 rings (SSSR count). The van der Waals surface area contributed by atoms with Crippen LogP contribution >= 0.6 is 0 Å². The van der Waals surface area contributed by atoms with E-state index in [9.17, 15) is 18.0 Å². The summed E-state index contributed by atoms with van der Waals surface area (Å²) in [6.07, 6.45) is 2.42. The van der Waals surface area contributed by atoms with Crippen LogP contribution in [0.1, 0.15) is 30.4 Å². The van der Waals surface area contributed by atoms with Gasteiger partial charge < -0.3 is 4.74 Å². The summed E-state index contributed by atoms with van der Waals surface area (Å²) >= 11 is 0. The van der Waals surface area contributed by atoms with Crippen LogP contribution in [0.5, 0.6) is 5.75 Å². The number of fused-ring (bicyclic) bond motifs is 1. The second-order valence-electron chi connectivity index (χ2n) is 9.35. The number of hydrogen-bond donors (Lipinski definition) is 2. The summed E-state index contributed by atoms with van der Waals surface area (Å²) in [5.41, 5.74) is 0.659. The number of anilines is 1. The summed E-state index contributed by atoms with van der Waals surface area (Å²) in [6.45, 7) is 5.69. The number of nitrogens with zero attached hydrogens (tertiary/aromatic N) is 1. The molecule has 0 amide bonds. The molecule has 0 saturated carbocycles. The zero-order valence-corrected chi connectivity index (χ0v) is 20.5. The number of H-pyrrole nitrogens is 1. The standard InChI is InChI=1S/C26H27N3O5S/c1-26(2,3)22-15-20(29-11-10-23(30)27-25(29)31)14-21(24(22)34-4)18-7-6-17-13-19(28-35(5,32)33)9-8-16(17)12-18/h6-15,28H,1-5H3,(H,27,30,31)/i4D3. The van der Waals surface area contributed by atoms with E-state index in [-0.39, 0.29) is 5.75 Å². The molecule has 0 unspecified atom stereocenters. The average molecular weight is 497 g/mol. The normalized spacial score (nSPS) is 13.7. The number of benzene rings is 3. The van der Waals surface area contributed by atoms with Crippen LogP contribution < -0.4 is 20.7 Å². The molecule has 9 heteroatoms. The summed E-state index contributed by atoms with van der Waals surface area (Å²) in [6, 6.07) is 15.0. The van der Waals surface area contributed by atoms with Crippen molar-refractivity contribution in [2.24, 2.45) is 0 Å². The topological polar surface area (TPSA) is 110 Å². The van der Waals surface area contributed by atoms with Crippen molar-refractivity contribution in [2.75, 3.05) is 18.0 Å². The first kappa shape index (κ1) is 20.5. The number of aromatic amines is 1. The molecule has 0 fully saturated rings.